The first-order chi connectivity index (χ1) is 9.09. The number of carbonyl (C=O) groups is 2. The number of ether oxygens (including phenoxy) is 1. The van der Waals surface area contributed by atoms with Crippen molar-refractivity contribution in [3.63, 3.8) is 0 Å². The third-order valence-electron chi connectivity index (χ3n) is 3.27. The maximum absolute atomic E-state index is 12.0. The van der Waals surface area contributed by atoms with Gasteiger partial charge in [0.05, 0.1) is 6.61 Å². The topological polar surface area (TPSA) is 93.5 Å². The van der Waals surface area contributed by atoms with Gasteiger partial charge in [0, 0.05) is 25.8 Å². The summed E-state index contributed by atoms with van der Waals surface area (Å²) in [5.41, 5.74) is 0.336. The lowest BCUT2D eigenvalue weighted by molar-refractivity contribution is -0.142. The quantitative estimate of drug-likeness (QED) is 0.802. The van der Waals surface area contributed by atoms with Crippen molar-refractivity contribution in [2.75, 3.05) is 13.2 Å². The van der Waals surface area contributed by atoms with Gasteiger partial charge >= 0.3 is 5.97 Å². The van der Waals surface area contributed by atoms with Crippen LogP contribution in [0.3, 0.4) is 0 Å². The van der Waals surface area contributed by atoms with Crippen molar-refractivity contribution in [2.45, 2.75) is 18.9 Å². The summed E-state index contributed by atoms with van der Waals surface area (Å²) in [6.45, 7) is 1.02. The first kappa shape index (κ1) is 13.5. The Morgan fingerprint density at radius 3 is 2.95 bits per heavy atom. The molecule has 0 radical (unpaired) electrons. The molecule has 2 atom stereocenters. The number of aromatic nitrogens is 2. The molecule has 1 aromatic heterocycles. The first-order valence-corrected chi connectivity index (χ1v) is 6.19. The molecule has 1 saturated heterocycles. The molecule has 19 heavy (non-hydrogen) atoms. The van der Waals surface area contributed by atoms with Crippen molar-refractivity contribution >= 4 is 11.9 Å². The minimum atomic E-state index is -1.04. The van der Waals surface area contributed by atoms with Gasteiger partial charge in [-0.15, -0.1) is 0 Å². The van der Waals surface area contributed by atoms with E-state index in [-0.39, 0.29) is 5.92 Å². The van der Waals surface area contributed by atoms with Crippen LogP contribution < -0.4 is 5.32 Å². The summed E-state index contributed by atoms with van der Waals surface area (Å²) < 4.78 is 6.69. The maximum atomic E-state index is 12.0. The van der Waals surface area contributed by atoms with Crippen LogP contribution in [0.1, 0.15) is 23.3 Å². The molecule has 1 aliphatic heterocycles. The molecule has 1 amide bonds. The Bertz CT molecular complexity index is 465. The third-order valence-corrected chi connectivity index (χ3v) is 3.27. The van der Waals surface area contributed by atoms with Crippen molar-refractivity contribution in [1.29, 1.82) is 0 Å². The lowest BCUT2D eigenvalue weighted by Crippen LogP contribution is -2.48. The Hall–Kier alpha value is -1.89. The normalized spacial score (nSPS) is 20.8. The zero-order valence-corrected chi connectivity index (χ0v) is 10.7. The number of amides is 1. The van der Waals surface area contributed by atoms with Gasteiger partial charge in [-0.1, -0.05) is 0 Å². The lowest BCUT2D eigenvalue weighted by atomic mass is 9.93. The SMILES string of the molecule is Cn1nccc1C(=O)NC(C(=O)O)C1CCCOC1. The predicted octanol–water partition coefficient (Wildman–Crippen LogP) is 0.0297. The molecule has 7 heteroatoms. The molecule has 1 aromatic rings. The molecule has 0 bridgehead atoms. The fraction of sp³-hybridized carbons (Fsp3) is 0.583. The standard InChI is InChI=1S/C12H17N3O4/c1-15-9(4-5-13-15)11(16)14-10(12(17)18)8-3-2-6-19-7-8/h4-5,8,10H,2-3,6-7H2,1H3,(H,14,16)(H,17,18). The maximum Gasteiger partial charge on any atom is 0.326 e. The summed E-state index contributed by atoms with van der Waals surface area (Å²) in [5.74, 6) is -1.66. The molecular formula is C12H17N3O4. The Balaban J connectivity index is 2.06. The molecule has 104 valence electrons. The highest BCUT2D eigenvalue weighted by atomic mass is 16.5. The fourth-order valence-corrected chi connectivity index (χ4v) is 2.22. The molecule has 7 nitrogen and oxygen atoms in total. The van der Waals surface area contributed by atoms with E-state index < -0.39 is 17.9 Å². The number of hydrogen-bond acceptors (Lipinski definition) is 4. The average molecular weight is 267 g/mol. The zero-order chi connectivity index (χ0) is 13.8. The molecule has 1 aliphatic rings. The van der Waals surface area contributed by atoms with Crippen LogP contribution >= 0.6 is 0 Å². The van der Waals surface area contributed by atoms with Gasteiger partial charge in [-0.2, -0.15) is 5.10 Å². The van der Waals surface area contributed by atoms with E-state index in [4.69, 9.17) is 4.74 Å². The van der Waals surface area contributed by atoms with Crippen molar-refractivity contribution in [2.24, 2.45) is 13.0 Å². The smallest absolute Gasteiger partial charge is 0.326 e. The number of carboxylic acids is 1. The van der Waals surface area contributed by atoms with E-state index >= 15 is 0 Å². The summed E-state index contributed by atoms with van der Waals surface area (Å²) in [6.07, 6.45) is 3.05. The van der Waals surface area contributed by atoms with Crippen molar-refractivity contribution in [3.05, 3.63) is 18.0 Å². The Morgan fingerprint density at radius 1 is 1.63 bits per heavy atom. The number of nitrogens with zero attached hydrogens (tertiary/aromatic N) is 2. The highest BCUT2D eigenvalue weighted by molar-refractivity contribution is 5.95. The number of aliphatic carboxylic acids is 1. The molecule has 2 N–H and O–H groups in total. The van der Waals surface area contributed by atoms with E-state index in [1.807, 2.05) is 0 Å². The molecule has 2 unspecified atom stereocenters. The van der Waals surface area contributed by atoms with Crippen LogP contribution in [0, 0.1) is 5.92 Å². The molecule has 0 saturated carbocycles. The molecule has 0 spiro atoms. The van der Waals surface area contributed by atoms with Crippen LogP contribution in [0.15, 0.2) is 12.3 Å². The van der Waals surface area contributed by atoms with Gasteiger partial charge in [0.2, 0.25) is 0 Å². The van der Waals surface area contributed by atoms with E-state index in [0.717, 1.165) is 12.8 Å². The van der Waals surface area contributed by atoms with Gasteiger partial charge in [0.1, 0.15) is 11.7 Å². The molecule has 2 heterocycles. The lowest BCUT2D eigenvalue weighted by Gasteiger charge is -2.28. The second-order valence-electron chi connectivity index (χ2n) is 4.61. The second kappa shape index (κ2) is 5.83. The second-order valence-corrected chi connectivity index (χ2v) is 4.61. The average Bonchev–Trinajstić information content (AvgIpc) is 2.82. The first-order valence-electron chi connectivity index (χ1n) is 6.19. The van der Waals surface area contributed by atoms with Gasteiger partial charge in [0.15, 0.2) is 0 Å². The largest absolute Gasteiger partial charge is 0.480 e. The Morgan fingerprint density at radius 2 is 2.42 bits per heavy atom. The zero-order valence-electron chi connectivity index (χ0n) is 10.7. The van der Waals surface area contributed by atoms with Gasteiger partial charge < -0.3 is 15.2 Å². The third kappa shape index (κ3) is 3.11. The number of aryl methyl sites for hydroxylation is 1. The van der Waals surface area contributed by atoms with E-state index in [1.54, 1.807) is 13.1 Å². The predicted molar refractivity (Wildman–Crippen MR) is 65.6 cm³/mol. The molecule has 0 aromatic carbocycles. The van der Waals surface area contributed by atoms with Crippen LogP contribution in [-0.4, -0.2) is 46.0 Å². The molecular weight excluding hydrogens is 250 g/mol. The Kier molecular flexibility index (Phi) is 4.16. The van der Waals surface area contributed by atoms with Crippen LogP contribution in [0.4, 0.5) is 0 Å². The van der Waals surface area contributed by atoms with E-state index in [2.05, 4.69) is 10.4 Å². The van der Waals surface area contributed by atoms with Gasteiger partial charge in [-0.3, -0.25) is 9.48 Å². The van der Waals surface area contributed by atoms with E-state index in [9.17, 15) is 14.7 Å². The van der Waals surface area contributed by atoms with Gasteiger partial charge in [-0.05, 0) is 18.9 Å². The van der Waals surface area contributed by atoms with Gasteiger partial charge in [0.25, 0.3) is 5.91 Å². The minimum Gasteiger partial charge on any atom is -0.480 e. The van der Waals surface area contributed by atoms with Gasteiger partial charge in [-0.25, -0.2) is 4.79 Å². The summed E-state index contributed by atoms with van der Waals surface area (Å²) in [4.78, 5) is 23.3. The molecule has 1 fully saturated rings. The highest BCUT2D eigenvalue weighted by Gasteiger charge is 2.32. The number of nitrogens with one attached hydrogen (secondary N) is 1. The number of carbonyl (C=O) groups excluding carboxylic acids is 1. The number of hydrogen-bond donors (Lipinski definition) is 2. The summed E-state index contributed by atoms with van der Waals surface area (Å²) >= 11 is 0. The van der Waals surface area contributed by atoms with E-state index in [1.165, 1.54) is 10.9 Å². The van der Waals surface area contributed by atoms with Crippen molar-refractivity contribution < 1.29 is 19.4 Å². The summed E-state index contributed by atoms with van der Waals surface area (Å²) in [6, 6.07) is 0.619. The molecule has 2 rings (SSSR count). The van der Waals surface area contributed by atoms with Crippen LogP contribution in [-0.2, 0) is 16.6 Å². The number of carboxylic acid groups (broad SMARTS) is 1. The minimum absolute atomic E-state index is 0.191. The summed E-state index contributed by atoms with van der Waals surface area (Å²) in [7, 11) is 1.63. The van der Waals surface area contributed by atoms with Crippen LogP contribution in [0.2, 0.25) is 0 Å². The fourth-order valence-electron chi connectivity index (χ4n) is 2.22. The van der Waals surface area contributed by atoms with Crippen LogP contribution in [0.25, 0.3) is 0 Å². The summed E-state index contributed by atoms with van der Waals surface area (Å²) in [5, 5.41) is 15.7. The van der Waals surface area contributed by atoms with Crippen molar-refractivity contribution in [3.8, 4) is 0 Å². The molecule has 0 aliphatic carbocycles. The Labute approximate surface area is 110 Å². The van der Waals surface area contributed by atoms with Crippen molar-refractivity contribution in [1.82, 2.24) is 15.1 Å². The highest BCUT2D eigenvalue weighted by Crippen LogP contribution is 2.18. The monoisotopic (exact) mass is 267 g/mol. The number of rotatable bonds is 4. The van der Waals surface area contributed by atoms with E-state index in [0.29, 0.717) is 18.9 Å². The van der Waals surface area contributed by atoms with Crippen LogP contribution in [0.5, 0.6) is 0 Å².